The number of hydrogen-bond donors (Lipinski definition) is 3. The zero-order valence-corrected chi connectivity index (χ0v) is 23.3. The third-order valence-corrected chi connectivity index (χ3v) is 8.38. The lowest BCUT2D eigenvalue weighted by atomic mass is 10.1. The van der Waals surface area contributed by atoms with Crippen molar-refractivity contribution in [3.8, 4) is 0 Å². The number of pyridine rings is 1. The van der Waals surface area contributed by atoms with Crippen LogP contribution >= 0.6 is 0 Å². The highest BCUT2D eigenvalue weighted by Crippen LogP contribution is 2.31. The molecule has 3 aromatic rings. The van der Waals surface area contributed by atoms with Crippen LogP contribution in [0.25, 0.3) is 0 Å². The summed E-state index contributed by atoms with van der Waals surface area (Å²) in [6.45, 7) is 3.84. The van der Waals surface area contributed by atoms with Crippen LogP contribution < -0.4 is 14.9 Å². The first-order valence-electron chi connectivity index (χ1n) is 13.7. The Kier molecular flexibility index (Phi) is 10.1. The largest absolute Gasteiger partial charge is 0.387 e. The van der Waals surface area contributed by atoms with Crippen molar-refractivity contribution < 1.29 is 18.3 Å². The van der Waals surface area contributed by atoms with Crippen molar-refractivity contribution in [1.29, 1.82) is 0 Å². The van der Waals surface area contributed by atoms with Crippen molar-refractivity contribution in [2.75, 3.05) is 29.3 Å². The normalized spacial score (nSPS) is 13.7. The Morgan fingerprint density at radius 3 is 2.67 bits per heavy atom. The fourth-order valence-electron chi connectivity index (χ4n) is 4.76. The number of aliphatic hydroxyl groups excluding tert-OH is 1. The number of amides is 1. The summed E-state index contributed by atoms with van der Waals surface area (Å²) in [7, 11) is -3.76. The average Bonchev–Trinajstić information content (AvgIpc) is 3.38. The van der Waals surface area contributed by atoms with Crippen LogP contribution in [-0.2, 0) is 27.7 Å². The average molecular weight is 551 g/mol. The van der Waals surface area contributed by atoms with E-state index < -0.39 is 16.1 Å². The number of fused-ring (bicyclic) bond motifs is 1. The van der Waals surface area contributed by atoms with Gasteiger partial charge in [0.2, 0.25) is 5.91 Å². The van der Waals surface area contributed by atoms with Gasteiger partial charge in [-0.15, -0.1) is 0 Å². The van der Waals surface area contributed by atoms with E-state index in [1.807, 2.05) is 18.2 Å². The molecule has 4 rings (SSSR count). The van der Waals surface area contributed by atoms with Crippen molar-refractivity contribution in [3.05, 3.63) is 83.7 Å². The predicted molar refractivity (Wildman–Crippen MR) is 154 cm³/mol. The molecule has 0 aliphatic carbocycles. The summed E-state index contributed by atoms with van der Waals surface area (Å²) < 4.78 is 28.8. The molecule has 0 fully saturated rings. The molecule has 1 amide bonds. The molecule has 1 aliphatic heterocycles. The molecule has 1 aliphatic rings. The van der Waals surface area contributed by atoms with Crippen LogP contribution in [0.15, 0.2) is 71.9 Å². The van der Waals surface area contributed by atoms with E-state index in [2.05, 4.69) is 21.9 Å². The molecular weight excluding hydrogens is 512 g/mol. The van der Waals surface area contributed by atoms with Gasteiger partial charge in [-0.05, 0) is 73.3 Å². The van der Waals surface area contributed by atoms with Gasteiger partial charge in [-0.1, -0.05) is 44.4 Å². The van der Waals surface area contributed by atoms with E-state index in [4.69, 9.17) is 0 Å². The molecule has 9 heteroatoms. The van der Waals surface area contributed by atoms with Crippen molar-refractivity contribution in [2.24, 2.45) is 0 Å². The number of aromatic nitrogens is 1. The lowest BCUT2D eigenvalue weighted by Gasteiger charge is -2.18. The summed E-state index contributed by atoms with van der Waals surface area (Å²) in [4.78, 5) is 18.7. The predicted octanol–water partition coefficient (Wildman–Crippen LogP) is 4.61. The number of aliphatic hydroxyl groups is 1. The van der Waals surface area contributed by atoms with Gasteiger partial charge in [0.15, 0.2) is 0 Å². The first-order valence-corrected chi connectivity index (χ1v) is 15.2. The minimum atomic E-state index is -3.76. The van der Waals surface area contributed by atoms with E-state index in [1.54, 1.807) is 53.7 Å². The van der Waals surface area contributed by atoms with Crippen LogP contribution in [-0.4, -0.2) is 44.0 Å². The number of nitrogens with one attached hydrogen (secondary N) is 2. The van der Waals surface area contributed by atoms with Crippen LogP contribution in [0.3, 0.4) is 0 Å². The summed E-state index contributed by atoms with van der Waals surface area (Å²) in [6, 6.07) is 15.9. The Labute approximate surface area is 231 Å². The first-order chi connectivity index (χ1) is 18.9. The first kappa shape index (κ1) is 28.7. The monoisotopic (exact) mass is 550 g/mol. The molecule has 0 bridgehead atoms. The van der Waals surface area contributed by atoms with E-state index in [0.29, 0.717) is 38.2 Å². The Balaban J connectivity index is 1.28. The molecule has 0 saturated heterocycles. The molecule has 3 N–H and O–H groups in total. The molecule has 0 unspecified atom stereocenters. The second-order valence-electron chi connectivity index (χ2n) is 9.96. The van der Waals surface area contributed by atoms with Crippen LogP contribution in [0.4, 0.5) is 11.4 Å². The van der Waals surface area contributed by atoms with Crippen molar-refractivity contribution in [3.63, 3.8) is 0 Å². The quantitative estimate of drug-likeness (QED) is 0.253. The number of nitrogens with zero attached hydrogens (tertiary/aromatic N) is 2. The van der Waals surface area contributed by atoms with E-state index in [0.717, 1.165) is 54.5 Å². The van der Waals surface area contributed by atoms with Gasteiger partial charge in [-0.3, -0.25) is 14.5 Å². The van der Waals surface area contributed by atoms with Crippen molar-refractivity contribution >= 4 is 27.3 Å². The van der Waals surface area contributed by atoms with Crippen LogP contribution in [0.5, 0.6) is 0 Å². The van der Waals surface area contributed by atoms with Crippen molar-refractivity contribution in [2.45, 2.75) is 62.9 Å². The van der Waals surface area contributed by atoms with Crippen molar-refractivity contribution in [1.82, 2.24) is 10.3 Å². The molecule has 1 atom stereocenters. The zero-order chi connectivity index (χ0) is 27.7. The van der Waals surface area contributed by atoms with Gasteiger partial charge in [0.25, 0.3) is 10.0 Å². The maximum atomic E-state index is 13.1. The molecule has 0 spiro atoms. The van der Waals surface area contributed by atoms with Crippen LogP contribution in [0, 0.1) is 0 Å². The Hall–Kier alpha value is -3.27. The molecule has 39 heavy (non-hydrogen) atoms. The fourth-order valence-corrected chi connectivity index (χ4v) is 5.87. The number of unbranched alkanes of at least 4 members (excludes halogenated alkanes) is 3. The maximum absolute atomic E-state index is 13.1. The summed E-state index contributed by atoms with van der Waals surface area (Å²) in [5.41, 5.74) is 4.02. The number of carbonyl (C=O) groups is 1. The van der Waals surface area contributed by atoms with Gasteiger partial charge in [-0.2, -0.15) is 0 Å². The molecule has 8 nitrogen and oxygen atoms in total. The van der Waals surface area contributed by atoms with E-state index >= 15 is 0 Å². The van der Waals surface area contributed by atoms with Gasteiger partial charge in [0, 0.05) is 48.8 Å². The highest BCUT2D eigenvalue weighted by Gasteiger charge is 2.26. The number of anilines is 2. The van der Waals surface area contributed by atoms with Gasteiger partial charge in [0.05, 0.1) is 11.0 Å². The molecule has 2 aromatic carbocycles. The Morgan fingerprint density at radius 2 is 1.92 bits per heavy atom. The molecule has 2 heterocycles. The van der Waals surface area contributed by atoms with E-state index in [-0.39, 0.29) is 10.8 Å². The van der Waals surface area contributed by atoms with E-state index in [9.17, 15) is 18.3 Å². The van der Waals surface area contributed by atoms with Gasteiger partial charge in [0.1, 0.15) is 0 Å². The highest BCUT2D eigenvalue weighted by molar-refractivity contribution is 7.92. The smallest absolute Gasteiger partial charge is 0.261 e. The number of carbonyl (C=O) groups excluding carboxylic acids is 1. The summed E-state index contributed by atoms with van der Waals surface area (Å²) >= 11 is 0. The third kappa shape index (κ3) is 7.88. The summed E-state index contributed by atoms with van der Waals surface area (Å²) in [6.07, 6.45) is 8.85. The second-order valence-corrected chi connectivity index (χ2v) is 11.6. The highest BCUT2D eigenvalue weighted by atomic mass is 32.2. The number of sulfonamides is 1. The minimum absolute atomic E-state index is 0.110. The summed E-state index contributed by atoms with van der Waals surface area (Å²) in [5, 5.41) is 13.4. The molecule has 0 radical (unpaired) electrons. The lowest BCUT2D eigenvalue weighted by Crippen LogP contribution is -2.28. The van der Waals surface area contributed by atoms with Gasteiger partial charge in [-0.25, -0.2) is 8.42 Å². The van der Waals surface area contributed by atoms with Gasteiger partial charge < -0.3 is 15.3 Å². The second kappa shape index (κ2) is 13.7. The van der Waals surface area contributed by atoms with E-state index in [1.165, 1.54) is 0 Å². The third-order valence-electron chi connectivity index (χ3n) is 7.01. The topological polar surface area (TPSA) is 112 Å². The maximum Gasteiger partial charge on any atom is 0.261 e. The van der Waals surface area contributed by atoms with Gasteiger partial charge >= 0.3 is 0 Å². The van der Waals surface area contributed by atoms with Crippen LogP contribution in [0.2, 0.25) is 0 Å². The fraction of sp³-hybridized carbons (Fsp3) is 0.400. The summed E-state index contributed by atoms with van der Waals surface area (Å²) in [5.74, 6) is 0.110. The number of benzene rings is 2. The molecule has 1 aromatic heterocycles. The number of hydrogen-bond acceptors (Lipinski definition) is 6. The molecule has 208 valence electrons. The minimum Gasteiger partial charge on any atom is -0.387 e. The van der Waals surface area contributed by atoms with Crippen LogP contribution in [0.1, 0.15) is 61.8 Å². The molecular formula is C30H38N4O4S. The SMILES string of the molecule is CCCCCCC(=O)N1CCc2cc(S(=O)(=O)Nc3ccc(CCNC[C@H](O)c4cccnc4)cc3)ccc21. The standard InChI is InChI=1S/C30H38N4O4S/c1-2-3-4-5-8-30(36)34-19-16-24-20-27(13-14-28(24)34)39(37,38)33-26-11-9-23(10-12-26)15-18-32-22-29(35)25-7-6-17-31-21-25/h6-7,9-14,17,20-21,29,32-33,35H,2-5,8,15-16,18-19,22H2,1H3/t29-/m0/s1. The lowest BCUT2D eigenvalue weighted by molar-refractivity contribution is -0.118. The zero-order valence-electron chi connectivity index (χ0n) is 22.5. The molecule has 0 saturated carbocycles. The number of rotatable bonds is 14. The Bertz CT molecular complexity index is 1330. The Morgan fingerprint density at radius 1 is 1.10 bits per heavy atom.